The zero-order valence-corrected chi connectivity index (χ0v) is 13.6. The molecule has 1 atom stereocenters. The number of ether oxygens (including phenoxy) is 1. The summed E-state index contributed by atoms with van der Waals surface area (Å²) in [7, 11) is 2.01. The molecule has 0 amide bonds. The smallest absolute Gasteiger partial charge is 0.0884 e. The van der Waals surface area contributed by atoms with Gasteiger partial charge in [0.25, 0.3) is 0 Å². The van der Waals surface area contributed by atoms with Crippen LogP contribution in [0, 0.1) is 5.92 Å². The average Bonchev–Trinajstić information content (AvgIpc) is 2.81. The summed E-state index contributed by atoms with van der Waals surface area (Å²) < 4.78 is 6.24. The van der Waals surface area contributed by atoms with Gasteiger partial charge in [0.15, 0.2) is 0 Å². The van der Waals surface area contributed by atoms with Gasteiger partial charge in [0.05, 0.1) is 16.7 Å². The molecule has 108 valence electrons. The number of rotatable bonds is 5. The van der Waals surface area contributed by atoms with Crippen LogP contribution in [0.1, 0.15) is 50.4 Å². The lowest BCUT2D eigenvalue weighted by Gasteiger charge is -2.44. The highest BCUT2D eigenvalue weighted by atomic mass is 35.5. The minimum Gasteiger partial charge on any atom is -0.373 e. The molecule has 2 rings (SSSR count). The molecule has 0 radical (unpaired) electrons. The zero-order valence-electron chi connectivity index (χ0n) is 12.0. The molecule has 1 heterocycles. The number of likely N-dealkylation sites (N-methyl/N-ethyl adjacent to an activating group) is 1. The Balaban J connectivity index is 2.28. The fraction of sp³-hybridized carbons (Fsp3) is 0.733. The molecule has 1 fully saturated rings. The molecular formula is C15H24ClNOS. The van der Waals surface area contributed by atoms with Crippen molar-refractivity contribution in [3.63, 3.8) is 0 Å². The van der Waals surface area contributed by atoms with Gasteiger partial charge in [-0.3, -0.25) is 0 Å². The average molecular weight is 302 g/mol. The third-order valence-corrected chi connectivity index (χ3v) is 5.70. The van der Waals surface area contributed by atoms with Gasteiger partial charge >= 0.3 is 0 Å². The van der Waals surface area contributed by atoms with E-state index in [4.69, 9.17) is 16.3 Å². The van der Waals surface area contributed by atoms with Gasteiger partial charge in [-0.1, -0.05) is 18.5 Å². The molecule has 1 N–H and O–H groups in total. The molecule has 1 aromatic heterocycles. The second kappa shape index (κ2) is 6.57. The lowest BCUT2D eigenvalue weighted by atomic mass is 9.75. The van der Waals surface area contributed by atoms with E-state index in [9.17, 15) is 0 Å². The van der Waals surface area contributed by atoms with Crippen molar-refractivity contribution in [2.45, 2.75) is 51.2 Å². The van der Waals surface area contributed by atoms with Crippen LogP contribution in [-0.2, 0) is 4.74 Å². The van der Waals surface area contributed by atoms with E-state index in [-0.39, 0.29) is 11.6 Å². The molecule has 1 aromatic rings. The van der Waals surface area contributed by atoms with Crippen molar-refractivity contribution in [3.05, 3.63) is 21.3 Å². The summed E-state index contributed by atoms with van der Waals surface area (Å²) in [5.41, 5.74) is -0.0928. The second-order valence-electron chi connectivity index (χ2n) is 5.53. The molecular weight excluding hydrogens is 278 g/mol. The first-order valence-electron chi connectivity index (χ1n) is 7.17. The molecule has 0 bridgehead atoms. The predicted octanol–water partition coefficient (Wildman–Crippen LogP) is 4.65. The molecule has 1 aliphatic rings. The highest BCUT2D eigenvalue weighted by molar-refractivity contribution is 7.10. The summed E-state index contributed by atoms with van der Waals surface area (Å²) in [6.45, 7) is 5.18. The molecule has 0 aromatic carbocycles. The summed E-state index contributed by atoms with van der Waals surface area (Å²) in [5.74, 6) is 0.810. The Morgan fingerprint density at radius 1 is 1.53 bits per heavy atom. The minimum atomic E-state index is -0.0928. The Labute approximate surface area is 125 Å². The second-order valence-corrected chi connectivity index (χ2v) is 6.89. The quantitative estimate of drug-likeness (QED) is 0.855. The van der Waals surface area contributed by atoms with E-state index in [2.05, 4.69) is 24.5 Å². The molecule has 4 heteroatoms. The number of nitrogens with one attached hydrogen (secondary N) is 1. The van der Waals surface area contributed by atoms with Crippen LogP contribution in [0.3, 0.4) is 0 Å². The summed E-state index contributed by atoms with van der Waals surface area (Å²) in [6.07, 6.45) is 4.70. The van der Waals surface area contributed by atoms with Gasteiger partial charge in [0.2, 0.25) is 0 Å². The summed E-state index contributed by atoms with van der Waals surface area (Å²) >= 11 is 8.06. The Hall–Kier alpha value is -0.0900. The van der Waals surface area contributed by atoms with Crippen molar-refractivity contribution in [2.75, 3.05) is 13.7 Å². The van der Waals surface area contributed by atoms with Gasteiger partial charge in [-0.25, -0.2) is 0 Å². The SMILES string of the molecule is CCOC1(C(NC)c2sccc2Cl)CCC(C)CC1. The van der Waals surface area contributed by atoms with Gasteiger partial charge in [-0.15, -0.1) is 11.3 Å². The monoisotopic (exact) mass is 301 g/mol. The molecule has 0 spiro atoms. The van der Waals surface area contributed by atoms with Crippen molar-refractivity contribution in [3.8, 4) is 0 Å². The third kappa shape index (κ3) is 3.15. The van der Waals surface area contributed by atoms with Gasteiger partial charge < -0.3 is 10.1 Å². The predicted molar refractivity (Wildman–Crippen MR) is 83.1 cm³/mol. The molecule has 2 nitrogen and oxygen atoms in total. The minimum absolute atomic E-state index is 0.0928. The topological polar surface area (TPSA) is 21.3 Å². The van der Waals surface area contributed by atoms with Crippen molar-refractivity contribution in [1.29, 1.82) is 0 Å². The Morgan fingerprint density at radius 2 is 2.21 bits per heavy atom. The van der Waals surface area contributed by atoms with Crippen LogP contribution < -0.4 is 5.32 Å². The molecule has 19 heavy (non-hydrogen) atoms. The van der Waals surface area contributed by atoms with Crippen molar-refractivity contribution in [2.24, 2.45) is 5.92 Å². The van der Waals surface area contributed by atoms with Crippen molar-refractivity contribution < 1.29 is 4.74 Å². The first kappa shape index (κ1) is 15.3. The highest BCUT2D eigenvalue weighted by Crippen LogP contribution is 2.45. The lowest BCUT2D eigenvalue weighted by Crippen LogP contribution is -2.47. The van der Waals surface area contributed by atoms with Crippen molar-refractivity contribution in [1.82, 2.24) is 5.32 Å². The van der Waals surface area contributed by atoms with Gasteiger partial charge in [-0.2, -0.15) is 0 Å². The first-order chi connectivity index (χ1) is 9.13. The van der Waals surface area contributed by atoms with Crippen LogP contribution in [-0.4, -0.2) is 19.3 Å². The first-order valence-corrected chi connectivity index (χ1v) is 8.43. The van der Waals surface area contributed by atoms with Crippen LogP contribution in [0.5, 0.6) is 0 Å². The fourth-order valence-corrected chi connectivity index (χ4v) is 4.58. The van der Waals surface area contributed by atoms with E-state index >= 15 is 0 Å². The molecule has 0 saturated heterocycles. The molecule has 1 saturated carbocycles. The van der Waals surface area contributed by atoms with Crippen LogP contribution >= 0.6 is 22.9 Å². The summed E-state index contributed by atoms with van der Waals surface area (Å²) in [6, 6.07) is 2.18. The van der Waals surface area contributed by atoms with E-state index in [0.29, 0.717) is 0 Å². The Bertz CT molecular complexity index is 399. The van der Waals surface area contributed by atoms with Gasteiger partial charge in [-0.05, 0) is 57.0 Å². The Kier molecular flexibility index (Phi) is 5.29. The summed E-state index contributed by atoms with van der Waals surface area (Å²) in [5, 5.41) is 6.38. The van der Waals surface area contributed by atoms with Crippen LogP contribution in [0.4, 0.5) is 0 Å². The van der Waals surface area contributed by atoms with E-state index in [1.165, 1.54) is 17.7 Å². The van der Waals surface area contributed by atoms with E-state index in [0.717, 1.165) is 30.4 Å². The highest BCUT2D eigenvalue weighted by Gasteiger charge is 2.43. The summed E-state index contributed by atoms with van der Waals surface area (Å²) in [4.78, 5) is 1.21. The maximum atomic E-state index is 6.34. The lowest BCUT2D eigenvalue weighted by molar-refractivity contribution is -0.0955. The van der Waals surface area contributed by atoms with Gasteiger partial charge in [0, 0.05) is 11.5 Å². The van der Waals surface area contributed by atoms with Crippen molar-refractivity contribution >= 4 is 22.9 Å². The van der Waals surface area contributed by atoms with Crippen LogP contribution in [0.15, 0.2) is 11.4 Å². The molecule has 1 unspecified atom stereocenters. The van der Waals surface area contributed by atoms with Gasteiger partial charge in [0.1, 0.15) is 0 Å². The van der Waals surface area contributed by atoms with E-state index in [1.807, 2.05) is 13.1 Å². The molecule has 0 aliphatic heterocycles. The number of halogens is 1. The number of thiophene rings is 1. The normalized spacial score (nSPS) is 29.4. The number of hydrogen-bond acceptors (Lipinski definition) is 3. The third-order valence-electron chi connectivity index (χ3n) is 4.27. The number of hydrogen-bond donors (Lipinski definition) is 1. The van der Waals surface area contributed by atoms with Crippen LogP contribution in [0.2, 0.25) is 5.02 Å². The Morgan fingerprint density at radius 3 is 2.68 bits per heavy atom. The maximum Gasteiger partial charge on any atom is 0.0884 e. The van der Waals surface area contributed by atoms with Crippen LogP contribution in [0.25, 0.3) is 0 Å². The zero-order chi connectivity index (χ0) is 13.9. The molecule has 1 aliphatic carbocycles. The van der Waals surface area contributed by atoms with E-state index < -0.39 is 0 Å². The largest absolute Gasteiger partial charge is 0.373 e. The van der Waals surface area contributed by atoms with E-state index in [1.54, 1.807) is 11.3 Å². The maximum absolute atomic E-state index is 6.34. The fourth-order valence-electron chi connectivity index (χ4n) is 3.20. The standard InChI is InChI=1S/C15H24ClNOS/c1-4-18-15(8-5-11(2)6-9-15)14(17-3)13-12(16)7-10-19-13/h7,10-11,14,17H,4-6,8-9H2,1-3H3.